The molecular weight excluding hydrogens is 348 g/mol. The summed E-state index contributed by atoms with van der Waals surface area (Å²) in [5.41, 5.74) is 19.8. The molecule has 0 unspecified atom stereocenters. The van der Waals surface area contributed by atoms with E-state index in [1.54, 1.807) is 0 Å². The van der Waals surface area contributed by atoms with Gasteiger partial charge in [-0.25, -0.2) is 0 Å². The highest BCUT2D eigenvalue weighted by Gasteiger charge is 2.17. The number of rotatable bonds is 6. The number of hydrogen-bond acceptors (Lipinski definition) is 3. The van der Waals surface area contributed by atoms with E-state index >= 15 is 0 Å². The van der Waals surface area contributed by atoms with Gasteiger partial charge in [0.2, 0.25) is 0 Å². The molecule has 0 saturated carbocycles. The fraction of sp³-hybridized carbons (Fsp3) is 0.500. The average Bonchev–Trinajstić information content (AvgIpc) is 2.56. The molecule has 27 heavy (non-hydrogen) atoms. The molecule has 0 bridgehead atoms. The van der Waals surface area contributed by atoms with E-state index in [0.717, 1.165) is 11.4 Å². The zero-order chi connectivity index (χ0) is 20.5. The summed E-state index contributed by atoms with van der Waals surface area (Å²) in [7, 11) is 0. The van der Waals surface area contributed by atoms with Crippen LogP contribution in [0.4, 0.5) is 11.4 Å². The second-order valence-corrected chi connectivity index (χ2v) is 9.90. The summed E-state index contributed by atoms with van der Waals surface area (Å²) in [6.45, 7) is 17.7. The first-order chi connectivity index (χ1) is 12.5. The van der Waals surface area contributed by atoms with Crippen LogP contribution in [-0.2, 0) is 0 Å². The Bertz CT molecular complexity index is 679. The van der Waals surface area contributed by atoms with Crippen LogP contribution in [-0.4, -0.2) is 0 Å². The summed E-state index contributed by atoms with van der Waals surface area (Å²) in [4.78, 5) is 2.51. The van der Waals surface area contributed by atoms with Crippen molar-refractivity contribution in [3.05, 3.63) is 46.5 Å². The van der Waals surface area contributed by atoms with Crippen molar-refractivity contribution in [2.45, 2.75) is 88.9 Å². The molecule has 0 radical (unpaired) electrons. The lowest BCUT2D eigenvalue weighted by atomic mass is 9.93. The van der Waals surface area contributed by atoms with E-state index in [0.29, 0.717) is 23.7 Å². The van der Waals surface area contributed by atoms with Gasteiger partial charge in [-0.2, -0.15) is 0 Å². The van der Waals surface area contributed by atoms with Crippen LogP contribution < -0.4 is 11.5 Å². The molecule has 2 nitrogen and oxygen atoms in total. The normalized spacial score (nSPS) is 12.0. The Morgan fingerprint density at radius 2 is 0.741 bits per heavy atom. The first kappa shape index (κ1) is 21.7. The van der Waals surface area contributed by atoms with E-state index in [-0.39, 0.29) is 0 Å². The van der Waals surface area contributed by atoms with Crippen LogP contribution in [0.15, 0.2) is 34.1 Å². The third kappa shape index (κ3) is 4.82. The highest BCUT2D eigenvalue weighted by Crippen LogP contribution is 2.40. The smallest absolute Gasteiger partial charge is 0.0385 e. The summed E-state index contributed by atoms with van der Waals surface area (Å²) in [5.74, 6) is 1.64. The molecule has 0 spiro atoms. The van der Waals surface area contributed by atoms with E-state index in [1.807, 2.05) is 11.8 Å². The van der Waals surface area contributed by atoms with Gasteiger partial charge < -0.3 is 11.5 Å². The lowest BCUT2D eigenvalue weighted by Gasteiger charge is -2.20. The highest BCUT2D eigenvalue weighted by atomic mass is 32.2. The molecular formula is C24H36N2S. The maximum Gasteiger partial charge on any atom is 0.0385 e. The van der Waals surface area contributed by atoms with Crippen molar-refractivity contribution in [2.75, 3.05) is 11.5 Å². The lowest BCUT2D eigenvalue weighted by molar-refractivity contribution is 0.830. The van der Waals surface area contributed by atoms with Crippen molar-refractivity contribution in [1.82, 2.24) is 0 Å². The first-order valence-electron chi connectivity index (χ1n) is 10.1. The van der Waals surface area contributed by atoms with Crippen LogP contribution in [0.25, 0.3) is 0 Å². The molecule has 148 valence electrons. The molecule has 0 aliphatic carbocycles. The molecule has 0 amide bonds. The maximum atomic E-state index is 6.47. The molecule has 2 aromatic carbocycles. The molecule has 0 aliphatic rings. The minimum Gasteiger partial charge on any atom is -0.398 e. The number of anilines is 2. The molecule has 0 saturated heterocycles. The summed E-state index contributed by atoms with van der Waals surface area (Å²) in [5, 5.41) is 0. The third-order valence-electron chi connectivity index (χ3n) is 5.16. The van der Waals surface area contributed by atoms with Crippen molar-refractivity contribution in [2.24, 2.45) is 0 Å². The quantitative estimate of drug-likeness (QED) is 0.507. The SMILES string of the molecule is CC(C)c1cc(Sc2cc(C(C)C)c(N)c(C(C)C)c2)cc(C(C)C)c1N. The molecule has 4 N–H and O–H groups in total. The van der Waals surface area contributed by atoms with Crippen molar-refractivity contribution in [3.8, 4) is 0 Å². The van der Waals surface area contributed by atoms with Crippen molar-refractivity contribution in [1.29, 1.82) is 0 Å². The molecule has 0 atom stereocenters. The Balaban J connectivity index is 2.56. The number of benzene rings is 2. The van der Waals surface area contributed by atoms with Crippen LogP contribution in [0.3, 0.4) is 0 Å². The van der Waals surface area contributed by atoms with Gasteiger partial charge in [0, 0.05) is 21.2 Å². The minimum atomic E-state index is 0.409. The average molecular weight is 385 g/mol. The van der Waals surface area contributed by atoms with Gasteiger partial charge in [-0.3, -0.25) is 0 Å². The van der Waals surface area contributed by atoms with Crippen molar-refractivity contribution >= 4 is 23.1 Å². The molecule has 3 heteroatoms. The Kier molecular flexibility index (Phi) is 6.91. The van der Waals surface area contributed by atoms with Crippen LogP contribution >= 0.6 is 11.8 Å². The summed E-state index contributed by atoms with van der Waals surface area (Å²) in [6.07, 6.45) is 0. The summed E-state index contributed by atoms with van der Waals surface area (Å²) >= 11 is 1.82. The molecule has 0 fully saturated rings. The van der Waals surface area contributed by atoms with Gasteiger partial charge in [-0.1, -0.05) is 67.2 Å². The topological polar surface area (TPSA) is 52.0 Å². The van der Waals surface area contributed by atoms with Crippen LogP contribution in [0.5, 0.6) is 0 Å². The van der Waals surface area contributed by atoms with Crippen LogP contribution in [0.1, 0.15) is 101 Å². The lowest BCUT2D eigenvalue weighted by Crippen LogP contribution is -2.04. The second-order valence-electron chi connectivity index (χ2n) is 8.75. The summed E-state index contributed by atoms with van der Waals surface area (Å²) < 4.78 is 0. The van der Waals surface area contributed by atoms with E-state index in [9.17, 15) is 0 Å². The molecule has 0 heterocycles. The van der Waals surface area contributed by atoms with Gasteiger partial charge >= 0.3 is 0 Å². The Morgan fingerprint density at radius 3 is 0.926 bits per heavy atom. The molecule has 2 rings (SSSR count). The van der Waals surface area contributed by atoms with Gasteiger partial charge in [0.05, 0.1) is 0 Å². The fourth-order valence-corrected chi connectivity index (χ4v) is 4.52. The largest absolute Gasteiger partial charge is 0.398 e. The predicted octanol–water partition coefficient (Wildman–Crippen LogP) is 7.50. The number of hydrogen-bond donors (Lipinski definition) is 2. The van der Waals surface area contributed by atoms with Gasteiger partial charge in [0.15, 0.2) is 0 Å². The second kappa shape index (κ2) is 8.60. The zero-order valence-corrected chi connectivity index (χ0v) is 19.0. The zero-order valence-electron chi connectivity index (χ0n) is 18.2. The van der Waals surface area contributed by atoms with Crippen molar-refractivity contribution < 1.29 is 0 Å². The number of nitrogen functional groups attached to an aromatic ring is 2. The van der Waals surface area contributed by atoms with Crippen LogP contribution in [0.2, 0.25) is 0 Å². The van der Waals surface area contributed by atoms with E-state index in [1.165, 1.54) is 32.0 Å². The third-order valence-corrected chi connectivity index (χ3v) is 6.10. The monoisotopic (exact) mass is 384 g/mol. The summed E-state index contributed by atoms with van der Waals surface area (Å²) in [6, 6.07) is 9.04. The van der Waals surface area contributed by atoms with Gasteiger partial charge in [0.25, 0.3) is 0 Å². The van der Waals surface area contributed by atoms with E-state index in [2.05, 4.69) is 79.7 Å². The standard InChI is InChI=1S/C24H36N2S/c1-13(2)19-9-17(10-20(14(3)4)23(19)25)27-18-11-21(15(5)6)24(26)22(12-18)16(7)8/h9-16H,25-26H2,1-8H3. The van der Waals surface area contributed by atoms with Gasteiger partial charge in [0.1, 0.15) is 0 Å². The van der Waals surface area contributed by atoms with E-state index < -0.39 is 0 Å². The van der Waals surface area contributed by atoms with Crippen molar-refractivity contribution in [3.63, 3.8) is 0 Å². The van der Waals surface area contributed by atoms with Crippen LogP contribution in [0, 0.1) is 0 Å². The molecule has 2 aromatic rings. The maximum absolute atomic E-state index is 6.47. The molecule has 0 aliphatic heterocycles. The number of nitrogens with two attached hydrogens (primary N) is 2. The van der Waals surface area contributed by atoms with Gasteiger partial charge in [-0.05, 0) is 70.2 Å². The highest BCUT2D eigenvalue weighted by molar-refractivity contribution is 7.99. The Morgan fingerprint density at radius 1 is 0.519 bits per heavy atom. The van der Waals surface area contributed by atoms with E-state index in [4.69, 9.17) is 11.5 Å². The molecule has 0 aromatic heterocycles. The Labute approximate surface area is 170 Å². The fourth-order valence-electron chi connectivity index (χ4n) is 3.51. The first-order valence-corrected chi connectivity index (χ1v) is 10.9. The Hall–Kier alpha value is -1.61. The van der Waals surface area contributed by atoms with Gasteiger partial charge in [-0.15, -0.1) is 0 Å². The minimum absolute atomic E-state index is 0.409. The predicted molar refractivity (Wildman–Crippen MR) is 122 cm³/mol.